The molecule has 2 aliphatic heterocycles. The second kappa shape index (κ2) is 11.9. The van der Waals surface area contributed by atoms with Gasteiger partial charge in [-0.05, 0) is 19.3 Å². The van der Waals surface area contributed by atoms with E-state index in [1.54, 1.807) is 0 Å². The van der Waals surface area contributed by atoms with Crippen molar-refractivity contribution in [3.8, 4) is 0 Å². The molecule has 23 heavy (non-hydrogen) atoms. The number of hydrogen-bond acceptors (Lipinski definition) is 4. The second-order valence-electron chi connectivity index (χ2n) is 6.03. The second-order valence-corrected chi connectivity index (χ2v) is 6.03. The number of ether oxygens (including phenoxy) is 2. The summed E-state index contributed by atoms with van der Waals surface area (Å²) in [6.45, 7) is 4.31. The molecule has 0 N–H and O–H groups in total. The minimum atomic E-state index is -0.183. The first kappa shape index (κ1) is 19.5. The van der Waals surface area contributed by atoms with Crippen LogP contribution >= 0.6 is 0 Å². The summed E-state index contributed by atoms with van der Waals surface area (Å²) >= 11 is 0. The largest absolute Gasteiger partial charge is 0.459 e. The average Bonchev–Trinajstić information content (AvgIpc) is 2.54. The van der Waals surface area contributed by atoms with Crippen molar-refractivity contribution in [3.05, 3.63) is 24.3 Å². The van der Waals surface area contributed by atoms with E-state index >= 15 is 0 Å². The molecule has 2 aliphatic rings. The molecule has 2 rings (SSSR count). The molecule has 0 aromatic carbocycles. The molecule has 0 aromatic heterocycles. The Morgan fingerprint density at radius 3 is 1.74 bits per heavy atom. The third kappa shape index (κ3) is 9.22. The van der Waals surface area contributed by atoms with Gasteiger partial charge < -0.3 is 9.47 Å². The molecular weight excluding hydrogens is 292 g/mol. The van der Waals surface area contributed by atoms with Crippen LogP contribution in [0.4, 0.5) is 0 Å². The molecule has 4 heteroatoms. The third-order valence-electron chi connectivity index (χ3n) is 3.88. The van der Waals surface area contributed by atoms with E-state index < -0.39 is 0 Å². The Morgan fingerprint density at radius 1 is 0.826 bits per heavy atom. The first-order valence-electron chi connectivity index (χ1n) is 8.90. The van der Waals surface area contributed by atoms with Crippen molar-refractivity contribution < 1.29 is 19.1 Å². The molecular formula is C19H30O4. The zero-order valence-corrected chi connectivity index (χ0v) is 14.5. The van der Waals surface area contributed by atoms with Crippen LogP contribution in [0.2, 0.25) is 0 Å². The van der Waals surface area contributed by atoms with Crippen molar-refractivity contribution in [2.24, 2.45) is 0 Å². The summed E-state index contributed by atoms with van der Waals surface area (Å²) in [5.74, 6) is -0.361. The minimum Gasteiger partial charge on any atom is -0.459 e. The number of rotatable bonds is 7. The zero-order chi connectivity index (χ0) is 16.9. The molecule has 0 fully saturated rings. The maximum absolute atomic E-state index is 10.8. The van der Waals surface area contributed by atoms with Gasteiger partial charge >= 0.3 is 11.9 Å². The van der Waals surface area contributed by atoms with E-state index in [9.17, 15) is 9.59 Å². The lowest BCUT2D eigenvalue weighted by Gasteiger charge is -2.17. The van der Waals surface area contributed by atoms with Gasteiger partial charge in [0.1, 0.15) is 12.2 Å². The molecule has 0 aromatic rings. The van der Waals surface area contributed by atoms with Gasteiger partial charge in [-0.15, -0.1) is 0 Å². The first-order valence-corrected chi connectivity index (χ1v) is 8.90. The van der Waals surface area contributed by atoms with Crippen molar-refractivity contribution in [1.82, 2.24) is 0 Å². The molecule has 130 valence electrons. The topological polar surface area (TPSA) is 52.6 Å². The maximum atomic E-state index is 10.8. The minimum absolute atomic E-state index is 0.146. The monoisotopic (exact) mass is 322 g/mol. The van der Waals surface area contributed by atoms with Crippen molar-refractivity contribution in [2.45, 2.75) is 83.8 Å². The number of cyclic esters (lactones) is 2. The molecule has 4 nitrogen and oxygen atoms in total. The summed E-state index contributed by atoms with van der Waals surface area (Å²) in [5.41, 5.74) is 0. The Bertz CT molecular complexity index is 412. The van der Waals surface area contributed by atoms with Gasteiger partial charge in [-0.2, -0.15) is 0 Å². The highest BCUT2D eigenvalue weighted by Crippen LogP contribution is 2.15. The molecule has 2 unspecified atom stereocenters. The first-order chi connectivity index (χ1) is 11.2. The van der Waals surface area contributed by atoms with Crippen molar-refractivity contribution >= 4 is 11.9 Å². The number of esters is 2. The summed E-state index contributed by atoms with van der Waals surface area (Å²) in [5, 5.41) is 0. The van der Waals surface area contributed by atoms with E-state index in [4.69, 9.17) is 9.47 Å². The van der Waals surface area contributed by atoms with E-state index in [-0.39, 0.29) is 24.1 Å². The number of carbonyl (C=O) groups is 2. The van der Waals surface area contributed by atoms with E-state index in [1.165, 1.54) is 31.4 Å². The van der Waals surface area contributed by atoms with Crippen molar-refractivity contribution in [2.75, 3.05) is 0 Å². The van der Waals surface area contributed by atoms with Gasteiger partial charge in [0.15, 0.2) is 0 Å². The fourth-order valence-electron chi connectivity index (χ4n) is 2.54. The predicted molar refractivity (Wildman–Crippen MR) is 90.9 cm³/mol. The quantitative estimate of drug-likeness (QED) is 0.512. The molecule has 2 atom stereocenters. The number of carbonyl (C=O) groups excluding carboxylic acids is 2. The van der Waals surface area contributed by atoms with Crippen LogP contribution in [0.5, 0.6) is 0 Å². The Balaban J connectivity index is 0.000000231. The Hall–Kier alpha value is -1.58. The van der Waals surface area contributed by atoms with Crippen LogP contribution in [0.1, 0.15) is 71.6 Å². The van der Waals surface area contributed by atoms with Crippen LogP contribution in [-0.2, 0) is 19.1 Å². The van der Waals surface area contributed by atoms with Gasteiger partial charge in [-0.3, -0.25) is 0 Å². The van der Waals surface area contributed by atoms with Gasteiger partial charge in [0, 0.05) is 25.0 Å². The Kier molecular flexibility index (Phi) is 10.1. The molecule has 2 heterocycles. The Labute approximate surface area is 139 Å². The fraction of sp³-hybridized carbons (Fsp3) is 0.684. The summed E-state index contributed by atoms with van der Waals surface area (Å²) in [6.07, 6.45) is 16.9. The van der Waals surface area contributed by atoms with E-state index in [0.29, 0.717) is 0 Å². The number of hydrogen-bond donors (Lipinski definition) is 0. The average molecular weight is 322 g/mol. The smallest absolute Gasteiger partial charge is 0.330 e. The maximum Gasteiger partial charge on any atom is 0.330 e. The van der Waals surface area contributed by atoms with Crippen molar-refractivity contribution in [3.63, 3.8) is 0 Å². The zero-order valence-electron chi connectivity index (χ0n) is 14.5. The summed E-state index contributed by atoms with van der Waals surface area (Å²) < 4.78 is 10.2. The fourth-order valence-corrected chi connectivity index (χ4v) is 2.54. The lowest BCUT2D eigenvalue weighted by atomic mass is 10.1. The van der Waals surface area contributed by atoms with Gasteiger partial charge in [0.05, 0.1) is 0 Å². The van der Waals surface area contributed by atoms with Crippen LogP contribution in [0.25, 0.3) is 0 Å². The highest BCUT2D eigenvalue weighted by molar-refractivity contribution is 5.83. The van der Waals surface area contributed by atoms with Crippen LogP contribution in [-0.4, -0.2) is 24.1 Å². The normalized spacial score (nSPS) is 22.9. The van der Waals surface area contributed by atoms with Crippen LogP contribution in [0.3, 0.4) is 0 Å². The molecule has 0 saturated carbocycles. The summed E-state index contributed by atoms with van der Waals surface area (Å²) in [7, 11) is 0. The SMILES string of the molecule is CCCCC1CC=CC(=O)O1.CCCCCC1CC=CC(=O)O1. The molecule has 0 radical (unpaired) electrons. The van der Waals surface area contributed by atoms with Gasteiger partial charge in [0.2, 0.25) is 0 Å². The molecule has 0 spiro atoms. The third-order valence-corrected chi connectivity index (χ3v) is 3.88. The summed E-state index contributed by atoms with van der Waals surface area (Å²) in [6, 6.07) is 0. The van der Waals surface area contributed by atoms with E-state index in [2.05, 4.69) is 13.8 Å². The molecule has 0 amide bonds. The van der Waals surface area contributed by atoms with Gasteiger partial charge in [-0.1, -0.05) is 51.7 Å². The summed E-state index contributed by atoms with van der Waals surface area (Å²) in [4.78, 5) is 21.5. The molecule has 0 saturated heterocycles. The van der Waals surface area contributed by atoms with Crippen LogP contribution in [0, 0.1) is 0 Å². The lowest BCUT2D eigenvalue weighted by Crippen LogP contribution is -2.19. The van der Waals surface area contributed by atoms with E-state index in [0.717, 1.165) is 38.5 Å². The molecule has 0 aliphatic carbocycles. The highest BCUT2D eigenvalue weighted by Gasteiger charge is 2.15. The van der Waals surface area contributed by atoms with Crippen molar-refractivity contribution in [1.29, 1.82) is 0 Å². The van der Waals surface area contributed by atoms with Crippen LogP contribution < -0.4 is 0 Å². The molecule has 0 bridgehead atoms. The van der Waals surface area contributed by atoms with Gasteiger partial charge in [0.25, 0.3) is 0 Å². The standard InChI is InChI=1S/C10H16O2.C9H14O2/c1-2-3-4-6-9-7-5-8-10(11)12-9;1-2-3-5-8-6-4-7-9(10)11-8/h5,8-9H,2-4,6-7H2,1H3;4,7-8H,2-3,5-6H2,1H3. The van der Waals surface area contributed by atoms with Gasteiger partial charge in [-0.25, -0.2) is 9.59 Å². The van der Waals surface area contributed by atoms with E-state index in [1.807, 2.05) is 12.2 Å². The number of unbranched alkanes of at least 4 members (excludes halogenated alkanes) is 3. The predicted octanol–water partition coefficient (Wildman–Crippen LogP) is 4.49. The van der Waals surface area contributed by atoms with Crippen LogP contribution in [0.15, 0.2) is 24.3 Å². The Morgan fingerprint density at radius 2 is 1.30 bits per heavy atom. The lowest BCUT2D eigenvalue weighted by molar-refractivity contribution is -0.145. The highest BCUT2D eigenvalue weighted by atomic mass is 16.5.